The van der Waals surface area contributed by atoms with Crippen LogP contribution in [-0.2, 0) is 21.0 Å². The Labute approximate surface area is 192 Å². The molecule has 1 heterocycles. The van der Waals surface area contributed by atoms with Crippen molar-refractivity contribution in [1.29, 1.82) is 0 Å². The van der Waals surface area contributed by atoms with E-state index in [9.17, 15) is 14.7 Å². The molecule has 0 radical (unpaired) electrons. The second kappa shape index (κ2) is 11.8. The molecule has 0 amide bonds. The standard InChI is InChI=1S/C26H41NO5/c1-25(2)17-21(22(24(30)31)15-11-6-5-7-12-16-23(28)29)18-26(3,4)27(25)32-19-20-13-9-8-10-14-20/h8-10,13-14,21-22H,5-7,11-12,15-19H2,1-4H3,(H,28,29)(H,30,31). The van der Waals surface area contributed by atoms with Gasteiger partial charge >= 0.3 is 11.9 Å². The average molecular weight is 448 g/mol. The van der Waals surface area contributed by atoms with Gasteiger partial charge in [0.15, 0.2) is 0 Å². The van der Waals surface area contributed by atoms with E-state index in [1.165, 1.54) is 0 Å². The molecule has 32 heavy (non-hydrogen) atoms. The first-order chi connectivity index (χ1) is 15.0. The van der Waals surface area contributed by atoms with E-state index in [2.05, 4.69) is 44.9 Å². The van der Waals surface area contributed by atoms with Crippen LogP contribution in [0.5, 0.6) is 0 Å². The second-order valence-corrected chi connectivity index (χ2v) is 10.5. The van der Waals surface area contributed by atoms with Crippen LogP contribution in [0.2, 0.25) is 0 Å². The monoisotopic (exact) mass is 447 g/mol. The zero-order valence-corrected chi connectivity index (χ0v) is 20.2. The zero-order valence-electron chi connectivity index (χ0n) is 20.2. The highest BCUT2D eigenvalue weighted by atomic mass is 16.7. The van der Waals surface area contributed by atoms with Crippen LogP contribution in [0.4, 0.5) is 0 Å². The van der Waals surface area contributed by atoms with E-state index in [1.807, 2.05) is 18.2 Å². The van der Waals surface area contributed by atoms with Gasteiger partial charge in [0.05, 0.1) is 12.5 Å². The first-order valence-electron chi connectivity index (χ1n) is 11.9. The lowest BCUT2D eigenvalue weighted by molar-refractivity contribution is -0.297. The number of aliphatic carboxylic acids is 2. The van der Waals surface area contributed by atoms with Gasteiger partial charge in [-0.3, -0.25) is 14.4 Å². The van der Waals surface area contributed by atoms with E-state index < -0.39 is 11.9 Å². The molecule has 1 aliphatic heterocycles. The molecule has 0 bridgehead atoms. The number of benzene rings is 1. The highest BCUT2D eigenvalue weighted by Gasteiger charge is 2.49. The molecule has 2 rings (SSSR count). The fraction of sp³-hybridized carbons (Fsp3) is 0.692. The number of carbonyl (C=O) groups is 2. The molecule has 1 aromatic carbocycles. The summed E-state index contributed by atoms with van der Waals surface area (Å²) in [5.41, 5.74) is 0.574. The SMILES string of the molecule is CC1(C)CC(C(CCCCCCCC(=O)O)C(=O)O)CC(C)(C)N1OCc1ccccc1. The van der Waals surface area contributed by atoms with Gasteiger partial charge in [0.1, 0.15) is 0 Å². The van der Waals surface area contributed by atoms with Crippen molar-refractivity contribution < 1.29 is 24.6 Å². The van der Waals surface area contributed by atoms with Crippen molar-refractivity contribution in [2.45, 2.75) is 103 Å². The van der Waals surface area contributed by atoms with Crippen molar-refractivity contribution >= 4 is 11.9 Å². The number of unbranched alkanes of at least 4 members (excludes halogenated alkanes) is 4. The molecule has 1 aromatic rings. The molecule has 1 atom stereocenters. The average Bonchev–Trinajstić information content (AvgIpc) is 2.68. The van der Waals surface area contributed by atoms with Gasteiger partial charge in [0.25, 0.3) is 0 Å². The first kappa shape index (κ1) is 26.3. The lowest BCUT2D eigenvalue weighted by atomic mass is 9.69. The Morgan fingerprint density at radius 1 is 0.969 bits per heavy atom. The van der Waals surface area contributed by atoms with Gasteiger partial charge in [-0.1, -0.05) is 56.0 Å². The molecule has 1 unspecified atom stereocenters. The molecular formula is C26H41NO5. The molecular weight excluding hydrogens is 406 g/mol. The van der Waals surface area contributed by atoms with Crippen LogP contribution in [0, 0.1) is 11.8 Å². The summed E-state index contributed by atoms with van der Waals surface area (Å²) >= 11 is 0. The highest BCUT2D eigenvalue weighted by Crippen LogP contribution is 2.45. The molecule has 6 heteroatoms. The lowest BCUT2D eigenvalue weighted by Gasteiger charge is -2.54. The van der Waals surface area contributed by atoms with Gasteiger partial charge in [0, 0.05) is 17.5 Å². The predicted octanol–water partition coefficient (Wildman–Crippen LogP) is 5.90. The van der Waals surface area contributed by atoms with E-state index in [0.717, 1.165) is 44.1 Å². The van der Waals surface area contributed by atoms with Crippen LogP contribution in [0.1, 0.15) is 91.0 Å². The quantitative estimate of drug-likeness (QED) is 0.366. The van der Waals surface area contributed by atoms with Crippen molar-refractivity contribution in [3.63, 3.8) is 0 Å². The normalized spacial score (nSPS) is 19.5. The summed E-state index contributed by atoms with van der Waals surface area (Å²) in [5, 5.41) is 20.8. The minimum Gasteiger partial charge on any atom is -0.481 e. The Kier molecular flexibility index (Phi) is 9.71. The van der Waals surface area contributed by atoms with Crippen LogP contribution in [0.15, 0.2) is 30.3 Å². The van der Waals surface area contributed by atoms with Crippen molar-refractivity contribution in [2.75, 3.05) is 0 Å². The van der Waals surface area contributed by atoms with Crippen molar-refractivity contribution in [3.05, 3.63) is 35.9 Å². The van der Waals surface area contributed by atoms with Crippen LogP contribution in [-0.4, -0.2) is 38.3 Å². The Bertz CT molecular complexity index is 713. The number of hydrogen-bond donors (Lipinski definition) is 2. The van der Waals surface area contributed by atoms with E-state index in [0.29, 0.717) is 19.4 Å². The number of hydrogen-bond acceptors (Lipinski definition) is 4. The van der Waals surface area contributed by atoms with Gasteiger partial charge in [-0.2, -0.15) is 5.06 Å². The van der Waals surface area contributed by atoms with Crippen LogP contribution in [0.3, 0.4) is 0 Å². The largest absolute Gasteiger partial charge is 0.481 e. The van der Waals surface area contributed by atoms with Crippen molar-refractivity contribution in [2.24, 2.45) is 11.8 Å². The summed E-state index contributed by atoms with van der Waals surface area (Å²) in [7, 11) is 0. The van der Waals surface area contributed by atoms with Gasteiger partial charge in [0.2, 0.25) is 0 Å². The maximum atomic E-state index is 12.1. The molecule has 1 fully saturated rings. The first-order valence-corrected chi connectivity index (χ1v) is 11.9. The van der Waals surface area contributed by atoms with Gasteiger partial charge in [-0.15, -0.1) is 0 Å². The summed E-state index contributed by atoms with van der Waals surface area (Å²) in [4.78, 5) is 29.0. The summed E-state index contributed by atoms with van der Waals surface area (Å²) < 4.78 is 0. The van der Waals surface area contributed by atoms with Crippen molar-refractivity contribution in [1.82, 2.24) is 5.06 Å². The Morgan fingerprint density at radius 2 is 1.53 bits per heavy atom. The minimum absolute atomic E-state index is 0.0982. The van der Waals surface area contributed by atoms with E-state index >= 15 is 0 Å². The topological polar surface area (TPSA) is 87.1 Å². The predicted molar refractivity (Wildman–Crippen MR) is 125 cm³/mol. The Hall–Kier alpha value is -1.92. The van der Waals surface area contributed by atoms with Crippen LogP contribution in [0.25, 0.3) is 0 Å². The molecule has 6 nitrogen and oxygen atoms in total. The van der Waals surface area contributed by atoms with Gasteiger partial charge in [-0.05, 0) is 64.9 Å². The fourth-order valence-corrected chi connectivity index (χ4v) is 5.42. The third-order valence-corrected chi connectivity index (χ3v) is 6.62. The molecule has 0 aliphatic carbocycles. The Balaban J connectivity index is 1.93. The minimum atomic E-state index is -0.750. The fourth-order valence-electron chi connectivity index (χ4n) is 5.42. The summed E-state index contributed by atoms with van der Waals surface area (Å²) in [6.07, 6.45) is 6.82. The maximum absolute atomic E-state index is 12.1. The zero-order chi connectivity index (χ0) is 23.8. The molecule has 0 saturated carbocycles. The number of rotatable bonds is 13. The molecule has 180 valence electrons. The lowest BCUT2D eigenvalue weighted by Crippen LogP contribution is -2.61. The summed E-state index contributed by atoms with van der Waals surface area (Å²) in [5.74, 6) is -1.71. The van der Waals surface area contributed by atoms with Crippen LogP contribution < -0.4 is 0 Å². The molecule has 0 aromatic heterocycles. The molecule has 1 aliphatic rings. The van der Waals surface area contributed by atoms with E-state index in [1.54, 1.807) is 0 Å². The number of piperidine rings is 1. The van der Waals surface area contributed by atoms with E-state index in [4.69, 9.17) is 9.94 Å². The van der Waals surface area contributed by atoms with Gasteiger partial charge < -0.3 is 10.2 Å². The summed E-state index contributed by atoms with van der Waals surface area (Å²) in [6, 6.07) is 10.1. The smallest absolute Gasteiger partial charge is 0.306 e. The Morgan fingerprint density at radius 3 is 2.09 bits per heavy atom. The van der Waals surface area contributed by atoms with Crippen LogP contribution >= 0.6 is 0 Å². The molecule has 2 N–H and O–H groups in total. The highest BCUT2D eigenvalue weighted by molar-refractivity contribution is 5.70. The molecule has 1 saturated heterocycles. The number of carboxylic acid groups (broad SMARTS) is 2. The van der Waals surface area contributed by atoms with Gasteiger partial charge in [-0.25, -0.2) is 0 Å². The molecule has 0 spiro atoms. The van der Waals surface area contributed by atoms with E-state index in [-0.39, 0.29) is 29.3 Å². The second-order valence-electron chi connectivity index (χ2n) is 10.5. The number of carboxylic acids is 2. The number of hydroxylamine groups is 2. The van der Waals surface area contributed by atoms with Crippen molar-refractivity contribution in [3.8, 4) is 0 Å². The maximum Gasteiger partial charge on any atom is 0.306 e. The number of nitrogens with zero attached hydrogens (tertiary/aromatic N) is 1. The third kappa shape index (κ3) is 7.89. The third-order valence-electron chi connectivity index (χ3n) is 6.62. The summed E-state index contributed by atoms with van der Waals surface area (Å²) in [6.45, 7) is 9.09.